The highest BCUT2D eigenvalue weighted by atomic mass is 16.5. The van der Waals surface area contributed by atoms with Gasteiger partial charge in [-0.3, -0.25) is 9.48 Å². The summed E-state index contributed by atoms with van der Waals surface area (Å²) < 4.78 is 7.42. The molecule has 1 aromatic heterocycles. The molecule has 0 amide bonds. The molecule has 4 nitrogen and oxygen atoms in total. The number of rotatable bonds is 7. The lowest BCUT2D eigenvalue weighted by atomic mass is 10.1. The van der Waals surface area contributed by atoms with E-state index in [1.165, 1.54) is 0 Å². The van der Waals surface area contributed by atoms with Gasteiger partial charge in [-0.15, -0.1) is 0 Å². The highest BCUT2D eigenvalue weighted by molar-refractivity contribution is 6.05. The van der Waals surface area contributed by atoms with Crippen molar-refractivity contribution in [1.29, 1.82) is 0 Å². The van der Waals surface area contributed by atoms with E-state index in [-0.39, 0.29) is 5.78 Å². The minimum absolute atomic E-state index is 0.0966. The van der Waals surface area contributed by atoms with Gasteiger partial charge in [-0.1, -0.05) is 32.1 Å². The first-order chi connectivity index (χ1) is 10.6. The summed E-state index contributed by atoms with van der Waals surface area (Å²) in [6.45, 7) is 7.64. The van der Waals surface area contributed by atoms with Gasteiger partial charge in [0, 0.05) is 12.7 Å². The number of ether oxygens (including phenoxy) is 1. The summed E-state index contributed by atoms with van der Waals surface area (Å²) in [4.78, 5) is 12.1. The quantitative estimate of drug-likeness (QED) is 0.576. The van der Waals surface area contributed by atoms with Crippen molar-refractivity contribution in [1.82, 2.24) is 9.78 Å². The number of aromatic nitrogens is 2. The molecule has 0 aliphatic carbocycles. The minimum Gasteiger partial charge on any atom is -0.493 e. The second-order valence-electron chi connectivity index (χ2n) is 5.53. The summed E-state index contributed by atoms with van der Waals surface area (Å²) >= 11 is 0. The fourth-order valence-corrected chi connectivity index (χ4v) is 1.90. The van der Waals surface area contributed by atoms with Crippen molar-refractivity contribution in [3.63, 3.8) is 0 Å². The van der Waals surface area contributed by atoms with E-state index in [0.29, 0.717) is 18.2 Å². The summed E-state index contributed by atoms with van der Waals surface area (Å²) in [5, 5.41) is 4.20. The monoisotopic (exact) mass is 298 g/mol. The zero-order valence-corrected chi connectivity index (χ0v) is 13.3. The van der Waals surface area contributed by atoms with Crippen LogP contribution in [0, 0.1) is 5.92 Å². The SMILES string of the molecule is CCn1ccc(C(=O)/C=C/c2cccc(OCC(C)C)c2)n1. The summed E-state index contributed by atoms with van der Waals surface area (Å²) in [7, 11) is 0. The molecule has 4 heteroatoms. The number of hydrogen-bond acceptors (Lipinski definition) is 3. The molecule has 0 radical (unpaired) electrons. The van der Waals surface area contributed by atoms with Gasteiger partial charge < -0.3 is 4.74 Å². The van der Waals surface area contributed by atoms with Crippen LogP contribution in [0.4, 0.5) is 0 Å². The van der Waals surface area contributed by atoms with Gasteiger partial charge in [-0.05, 0) is 42.7 Å². The maximum Gasteiger partial charge on any atom is 0.206 e. The number of hydrogen-bond donors (Lipinski definition) is 0. The molecule has 2 rings (SSSR count). The Bertz CT molecular complexity index is 657. The van der Waals surface area contributed by atoms with E-state index in [1.54, 1.807) is 29.1 Å². The molecule has 1 heterocycles. The summed E-state index contributed by atoms with van der Waals surface area (Å²) in [6.07, 6.45) is 5.14. The van der Waals surface area contributed by atoms with Crippen molar-refractivity contribution in [3.05, 3.63) is 53.9 Å². The number of ketones is 1. The van der Waals surface area contributed by atoms with Crippen molar-refractivity contribution >= 4 is 11.9 Å². The van der Waals surface area contributed by atoms with Gasteiger partial charge in [-0.25, -0.2) is 0 Å². The van der Waals surface area contributed by atoms with Crippen molar-refractivity contribution in [3.8, 4) is 5.75 Å². The molecule has 0 bridgehead atoms. The largest absolute Gasteiger partial charge is 0.493 e. The highest BCUT2D eigenvalue weighted by Crippen LogP contribution is 2.15. The molecule has 0 saturated carbocycles. The number of carbonyl (C=O) groups is 1. The van der Waals surface area contributed by atoms with Crippen LogP contribution in [0.3, 0.4) is 0 Å². The Morgan fingerprint density at radius 2 is 2.18 bits per heavy atom. The Balaban J connectivity index is 2.02. The van der Waals surface area contributed by atoms with E-state index in [4.69, 9.17) is 4.74 Å². The first kappa shape index (κ1) is 16.0. The number of allylic oxidation sites excluding steroid dienone is 1. The third kappa shape index (κ3) is 4.58. The average Bonchev–Trinajstić information content (AvgIpc) is 3.00. The Morgan fingerprint density at radius 1 is 1.36 bits per heavy atom. The smallest absolute Gasteiger partial charge is 0.206 e. The normalized spacial score (nSPS) is 11.3. The molecule has 0 unspecified atom stereocenters. The molecule has 2 aromatic rings. The van der Waals surface area contributed by atoms with E-state index in [1.807, 2.05) is 31.2 Å². The molecule has 0 spiro atoms. The van der Waals surface area contributed by atoms with E-state index >= 15 is 0 Å². The predicted molar refractivity (Wildman–Crippen MR) is 88.0 cm³/mol. The van der Waals surface area contributed by atoms with Gasteiger partial charge in [0.1, 0.15) is 11.4 Å². The summed E-state index contributed by atoms with van der Waals surface area (Å²) in [6, 6.07) is 9.45. The highest BCUT2D eigenvalue weighted by Gasteiger charge is 2.05. The van der Waals surface area contributed by atoms with Gasteiger partial charge in [0.2, 0.25) is 5.78 Å². The lowest BCUT2D eigenvalue weighted by Crippen LogP contribution is -2.04. The Hall–Kier alpha value is -2.36. The van der Waals surface area contributed by atoms with E-state index in [0.717, 1.165) is 17.9 Å². The lowest BCUT2D eigenvalue weighted by molar-refractivity contribution is 0.104. The van der Waals surface area contributed by atoms with Crippen molar-refractivity contribution < 1.29 is 9.53 Å². The van der Waals surface area contributed by atoms with Crippen molar-refractivity contribution in [2.45, 2.75) is 27.3 Å². The van der Waals surface area contributed by atoms with Gasteiger partial charge in [0.15, 0.2) is 0 Å². The third-order valence-electron chi connectivity index (χ3n) is 3.09. The topological polar surface area (TPSA) is 44.1 Å². The van der Waals surface area contributed by atoms with Crippen LogP contribution in [-0.4, -0.2) is 22.2 Å². The molecule has 0 aliphatic rings. The van der Waals surface area contributed by atoms with Crippen LogP contribution in [0.2, 0.25) is 0 Å². The van der Waals surface area contributed by atoms with E-state index in [9.17, 15) is 4.79 Å². The average molecular weight is 298 g/mol. The summed E-state index contributed by atoms with van der Waals surface area (Å²) in [5.74, 6) is 1.20. The molecule has 1 aromatic carbocycles. The van der Waals surface area contributed by atoms with Gasteiger partial charge in [-0.2, -0.15) is 5.10 Å². The molecule has 22 heavy (non-hydrogen) atoms. The van der Waals surface area contributed by atoms with Crippen LogP contribution in [0.15, 0.2) is 42.6 Å². The summed E-state index contributed by atoms with van der Waals surface area (Å²) in [5.41, 5.74) is 1.40. The van der Waals surface area contributed by atoms with Gasteiger partial charge >= 0.3 is 0 Å². The second-order valence-corrected chi connectivity index (χ2v) is 5.53. The molecule has 116 valence electrons. The zero-order valence-electron chi connectivity index (χ0n) is 13.3. The van der Waals surface area contributed by atoms with Crippen LogP contribution in [0.25, 0.3) is 6.08 Å². The van der Waals surface area contributed by atoms with Crippen LogP contribution in [-0.2, 0) is 6.54 Å². The lowest BCUT2D eigenvalue weighted by Gasteiger charge is -2.08. The van der Waals surface area contributed by atoms with Crippen LogP contribution < -0.4 is 4.74 Å². The fraction of sp³-hybridized carbons (Fsp3) is 0.333. The molecule has 0 fully saturated rings. The maximum atomic E-state index is 12.1. The third-order valence-corrected chi connectivity index (χ3v) is 3.09. The number of carbonyl (C=O) groups excluding carboxylic acids is 1. The number of benzene rings is 1. The predicted octanol–water partition coefficient (Wildman–Crippen LogP) is 3.83. The number of nitrogens with zero attached hydrogens (tertiary/aromatic N) is 2. The zero-order chi connectivity index (χ0) is 15.9. The molecular weight excluding hydrogens is 276 g/mol. The van der Waals surface area contributed by atoms with E-state index < -0.39 is 0 Å². The second kappa shape index (κ2) is 7.59. The van der Waals surface area contributed by atoms with Crippen LogP contribution in [0.1, 0.15) is 36.8 Å². The molecular formula is C18H22N2O2. The van der Waals surface area contributed by atoms with E-state index in [2.05, 4.69) is 18.9 Å². The first-order valence-corrected chi connectivity index (χ1v) is 7.57. The first-order valence-electron chi connectivity index (χ1n) is 7.57. The van der Waals surface area contributed by atoms with Gasteiger partial charge in [0.05, 0.1) is 6.61 Å². The number of aryl methyl sites for hydroxylation is 1. The molecule has 0 atom stereocenters. The van der Waals surface area contributed by atoms with Crippen LogP contribution >= 0.6 is 0 Å². The molecule has 0 saturated heterocycles. The molecule has 0 aliphatic heterocycles. The Kier molecular flexibility index (Phi) is 5.53. The Labute approximate surface area is 131 Å². The minimum atomic E-state index is -0.0966. The maximum absolute atomic E-state index is 12.1. The van der Waals surface area contributed by atoms with Crippen molar-refractivity contribution in [2.24, 2.45) is 5.92 Å². The Morgan fingerprint density at radius 3 is 2.86 bits per heavy atom. The fourth-order valence-electron chi connectivity index (χ4n) is 1.90. The van der Waals surface area contributed by atoms with Gasteiger partial charge in [0.25, 0.3) is 0 Å². The standard InChI is InChI=1S/C18H22N2O2/c1-4-20-11-10-17(19-20)18(21)9-8-15-6-5-7-16(12-15)22-13-14(2)3/h5-12,14H,4,13H2,1-3H3/b9-8+. The van der Waals surface area contributed by atoms with Crippen molar-refractivity contribution in [2.75, 3.05) is 6.61 Å². The van der Waals surface area contributed by atoms with Crippen LogP contribution in [0.5, 0.6) is 5.75 Å². The molecule has 0 N–H and O–H groups in total.